The Morgan fingerprint density at radius 2 is 2.04 bits per heavy atom. The molecule has 7 nitrogen and oxygen atoms in total. The first kappa shape index (κ1) is 17.4. The zero-order valence-corrected chi connectivity index (χ0v) is 14.6. The van der Waals surface area contributed by atoms with E-state index in [0.29, 0.717) is 11.3 Å². The topological polar surface area (TPSA) is 81.1 Å². The minimum Gasteiger partial charge on any atom is -0.479 e. The van der Waals surface area contributed by atoms with Gasteiger partial charge in [0.2, 0.25) is 5.88 Å². The summed E-state index contributed by atoms with van der Waals surface area (Å²) in [4.78, 5) is 16.1. The van der Waals surface area contributed by atoms with Crippen LogP contribution >= 0.6 is 0 Å². The number of ether oxygens (including phenoxy) is 1. The third-order valence-corrected chi connectivity index (χ3v) is 3.68. The second-order valence-electron chi connectivity index (χ2n) is 5.68. The molecule has 0 aliphatic heterocycles. The van der Waals surface area contributed by atoms with Gasteiger partial charge in [0.25, 0.3) is 5.91 Å². The van der Waals surface area contributed by atoms with Gasteiger partial charge in [-0.05, 0) is 38.1 Å². The van der Waals surface area contributed by atoms with Crippen LogP contribution in [-0.2, 0) is 0 Å². The Bertz CT molecular complexity index is 955. The number of carbonyl (C=O) groups is 1. The number of amides is 1. The number of aryl methyl sites for hydroxylation is 2. The lowest BCUT2D eigenvalue weighted by atomic mass is 10.2. The van der Waals surface area contributed by atoms with E-state index in [1.807, 2.05) is 26.0 Å². The summed E-state index contributed by atoms with van der Waals surface area (Å²) in [6.07, 6.45) is 1.36. The molecule has 0 atom stereocenters. The monoisotopic (exact) mass is 355 g/mol. The van der Waals surface area contributed by atoms with Crippen LogP contribution in [0.3, 0.4) is 0 Å². The quantitative estimate of drug-likeness (QED) is 0.688. The lowest BCUT2D eigenvalue weighted by Gasteiger charge is -2.10. The van der Waals surface area contributed by atoms with Gasteiger partial charge in [0.05, 0.1) is 30.4 Å². The highest BCUT2D eigenvalue weighted by Crippen LogP contribution is 2.17. The molecular weight excluding hydrogens is 337 g/mol. The average Bonchev–Trinajstić information content (AvgIpc) is 2.98. The van der Waals surface area contributed by atoms with Crippen LogP contribution in [0.25, 0.3) is 5.69 Å². The van der Waals surface area contributed by atoms with Gasteiger partial charge in [-0.2, -0.15) is 5.10 Å². The Labute approximate surface area is 149 Å². The van der Waals surface area contributed by atoms with Crippen LogP contribution < -0.4 is 15.6 Å². The number of halogens is 1. The van der Waals surface area contributed by atoms with Crippen molar-refractivity contribution in [1.29, 1.82) is 0 Å². The number of pyridine rings is 1. The largest absolute Gasteiger partial charge is 0.479 e. The molecule has 2 aromatic heterocycles. The van der Waals surface area contributed by atoms with Crippen molar-refractivity contribution in [3.8, 4) is 11.6 Å². The molecule has 3 rings (SSSR count). The highest BCUT2D eigenvalue weighted by atomic mass is 19.1. The van der Waals surface area contributed by atoms with Crippen molar-refractivity contribution in [2.24, 2.45) is 0 Å². The Morgan fingerprint density at radius 1 is 1.23 bits per heavy atom. The number of carbonyl (C=O) groups excluding carboxylic acids is 1. The lowest BCUT2D eigenvalue weighted by Crippen LogP contribution is -2.29. The molecule has 1 amide bonds. The molecule has 0 saturated carbocycles. The number of hydrazine groups is 1. The van der Waals surface area contributed by atoms with E-state index in [-0.39, 0.29) is 11.8 Å². The van der Waals surface area contributed by atoms with Gasteiger partial charge in [-0.3, -0.25) is 15.6 Å². The molecule has 0 spiro atoms. The van der Waals surface area contributed by atoms with Crippen LogP contribution in [0.2, 0.25) is 0 Å². The van der Waals surface area contributed by atoms with E-state index in [2.05, 4.69) is 20.9 Å². The molecular formula is C18H18FN5O2. The summed E-state index contributed by atoms with van der Waals surface area (Å²) in [6.45, 7) is 3.85. The summed E-state index contributed by atoms with van der Waals surface area (Å²) in [5, 5.41) is 4.41. The fourth-order valence-electron chi connectivity index (χ4n) is 2.51. The Morgan fingerprint density at radius 3 is 2.69 bits per heavy atom. The summed E-state index contributed by atoms with van der Waals surface area (Å²) in [6, 6.07) is 10.2. The van der Waals surface area contributed by atoms with Gasteiger partial charge in [0.15, 0.2) is 5.82 Å². The minimum atomic E-state index is -0.627. The number of rotatable bonds is 5. The summed E-state index contributed by atoms with van der Waals surface area (Å²) in [5.41, 5.74) is 8.52. The van der Waals surface area contributed by atoms with Crippen LogP contribution in [-0.4, -0.2) is 27.8 Å². The highest BCUT2D eigenvalue weighted by molar-refractivity contribution is 5.95. The number of nitrogens with zero attached hydrogens (tertiary/aromatic N) is 3. The maximum atomic E-state index is 13.6. The molecule has 0 aliphatic carbocycles. The van der Waals surface area contributed by atoms with E-state index in [4.69, 9.17) is 4.74 Å². The van der Waals surface area contributed by atoms with Crippen molar-refractivity contribution in [2.45, 2.75) is 13.8 Å². The molecule has 0 radical (unpaired) electrons. The molecule has 0 aliphatic rings. The minimum absolute atomic E-state index is 0.112. The number of benzene rings is 1. The SMILES string of the molecule is COc1ncc(NNC(=O)c2cccc(-n3nc(C)cc3C)c2)cc1F. The summed E-state index contributed by atoms with van der Waals surface area (Å²) in [7, 11) is 1.33. The molecule has 0 bridgehead atoms. The first-order valence-electron chi connectivity index (χ1n) is 7.87. The Balaban J connectivity index is 1.73. The zero-order valence-electron chi connectivity index (χ0n) is 14.6. The van der Waals surface area contributed by atoms with Crippen LogP contribution in [0.4, 0.5) is 10.1 Å². The molecule has 3 aromatic rings. The van der Waals surface area contributed by atoms with Gasteiger partial charge >= 0.3 is 0 Å². The van der Waals surface area contributed by atoms with E-state index in [1.165, 1.54) is 19.4 Å². The van der Waals surface area contributed by atoms with Gasteiger partial charge < -0.3 is 4.74 Å². The van der Waals surface area contributed by atoms with E-state index in [0.717, 1.165) is 17.1 Å². The molecule has 134 valence electrons. The Kier molecular flexibility index (Phi) is 4.83. The first-order valence-corrected chi connectivity index (χ1v) is 7.87. The molecule has 8 heteroatoms. The van der Waals surface area contributed by atoms with Gasteiger partial charge in [-0.1, -0.05) is 6.07 Å². The standard InChI is InChI=1S/C18H18FN5O2/c1-11-7-12(2)24(23-11)15-6-4-5-13(8-15)17(25)22-21-14-9-16(19)18(26-3)20-10-14/h4-10,21H,1-3H3,(H,22,25). The first-order chi connectivity index (χ1) is 12.5. The normalized spacial score (nSPS) is 10.5. The zero-order chi connectivity index (χ0) is 18.7. The number of aromatic nitrogens is 3. The van der Waals surface area contributed by atoms with E-state index in [9.17, 15) is 9.18 Å². The average molecular weight is 355 g/mol. The van der Waals surface area contributed by atoms with Crippen LogP contribution in [0.5, 0.6) is 5.88 Å². The molecule has 2 heterocycles. The number of hydrogen-bond acceptors (Lipinski definition) is 5. The van der Waals surface area contributed by atoms with Crippen LogP contribution in [0.1, 0.15) is 21.7 Å². The van der Waals surface area contributed by atoms with Crippen molar-refractivity contribution in [3.05, 3.63) is 65.4 Å². The number of methoxy groups -OCH3 is 1. The molecule has 26 heavy (non-hydrogen) atoms. The molecule has 2 N–H and O–H groups in total. The Hall–Kier alpha value is -3.42. The van der Waals surface area contributed by atoms with E-state index >= 15 is 0 Å². The number of anilines is 1. The van der Waals surface area contributed by atoms with Crippen LogP contribution in [0.15, 0.2) is 42.6 Å². The summed E-state index contributed by atoms with van der Waals surface area (Å²) >= 11 is 0. The summed E-state index contributed by atoms with van der Waals surface area (Å²) < 4.78 is 20.1. The maximum Gasteiger partial charge on any atom is 0.269 e. The second-order valence-corrected chi connectivity index (χ2v) is 5.68. The molecule has 1 aromatic carbocycles. The fraction of sp³-hybridized carbons (Fsp3) is 0.167. The van der Waals surface area contributed by atoms with Gasteiger partial charge in [0.1, 0.15) is 0 Å². The summed E-state index contributed by atoms with van der Waals surface area (Å²) in [5.74, 6) is -1.11. The van der Waals surface area contributed by atoms with Gasteiger partial charge in [-0.15, -0.1) is 0 Å². The number of hydrogen-bond donors (Lipinski definition) is 2. The highest BCUT2D eigenvalue weighted by Gasteiger charge is 2.10. The van der Waals surface area contributed by atoms with Crippen molar-refractivity contribution in [3.63, 3.8) is 0 Å². The maximum absolute atomic E-state index is 13.6. The second kappa shape index (κ2) is 7.22. The van der Waals surface area contributed by atoms with Crippen molar-refractivity contribution >= 4 is 11.6 Å². The van der Waals surface area contributed by atoms with Gasteiger partial charge in [0, 0.05) is 17.3 Å². The smallest absolute Gasteiger partial charge is 0.269 e. The third-order valence-electron chi connectivity index (χ3n) is 3.68. The lowest BCUT2D eigenvalue weighted by molar-refractivity contribution is 0.0962. The third kappa shape index (κ3) is 3.64. The van der Waals surface area contributed by atoms with Crippen molar-refractivity contribution < 1.29 is 13.9 Å². The predicted octanol–water partition coefficient (Wildman–Crippen LogP) is 2.79. The van der Waals surface area contributed by atoms with E-state index in [1.54, 1.807) is 22.9 Å². The van der Waals surface area contributed by atoms with Crippen molar-refractivity contribution in [2.75, 3.05) is 12.5 Å². The number of nitrogens with one attached hydrogen (secondary N) is 2. The predicted molar refractivity (Wildman–Crippen MR) is 94.9 cm³/mol. The molecule has 0 fully saturated rings. The van der Waals surface area contributed by atoms with E-state index < -0.39 is 5.82 Å². The molecule has 0 unspecified atom stereocenters. The molecule has 0 saturated heterocycles. The van der Waals surface area contributed by atoms with Crippen LogP contribution in [0, 0.1) is 19.7 Å². The van der Waals surface area contributed by atoms with Gasteiger partial charge in [-0.25, -0.2) is 14.1 Å². The van der Waals surface area contributed by atoms with Crippen molar-refractivity contribution in [1.82, 2.24) is 20.2 Å². The fourth-order valence-corrected chi connectivity index (χ4v) is 2.51.